The smallest absolute Gasteiger partial charge is 0.288 e. The molecule has 0 saturated carbocycles. The summed E-state index contributed by atoms with van der Waals surface area (Å²) in [6, 6.07) is 6.19. The highest BCUT2D eigenvalue weighted by Crippen LogP contribution is 2.30. The molecule has 1 amide bonds. The van der Waals surface area contributed by atoms with Crippen LogP contribution in [-0.2, 0) is 4.74 Å². The molecule has 28 heavy (non-hydrogen) atoms. The Labute approximate surface area is 162 Å². The third-order valence-corrected chi connectivity index (χ3v) is 4.11. The highest BCUT2D eigenvalue weighted by atomic mass is 16.6. The van der Waals surface area contributed by atoms with E-state index in [9.17, 15) is 14.9 Å². The maximum absolute atomic E-state index is 12.6. The van der Waals surface area contributed by atoms with Crippen LogP contribution in [0.5, 0.6) is 11.5 Å². The average molecular weight is 389 g/mol. The average Bonchev–Trinajstić information content (AvgIpc) is 2.68. The predicted molar refractivity (Wildman–Crippen MR) is 102 cm³/mol. The molecule has 2 aromatic rings. The lowest BCUT2D eigenvalue weighted by molar-refractivity contribution is -0.385. The summed E-state index contributed by atoms with van der Waals surface area (Å²) in [5.41, 5.74) is 1.13. The molecule has 0 aliphatic carbocycles. The number of hydrogen-bond donors (Lipinski definition) is 1. The van der Waals surface area contributed by atoms with E-state index in [1.807, 2.05) is 6.07 Å². The van der Waals surface area contributed by atoms with Crippen LogP contribution in [0.3, 0.4) is 0 Å². The maximum atomic E-state index is 12.6. The van der Waals surface area contributed by atoms with Crippen molar-refractivity contribution in [3.8, 4) is 11.5 Å². The number of ether oxygens (including phenoxy) is 3. The van der Waals surface area contributed by atoms with Gasteiger partial charge in [-0.05, 0) is 31.5 Å². The van der Waals surface area contributed by atoms with Crippen LogP contribution in [0, 0.1) is 17.0 Å². The van der Waals surface area contributed by atoms with Gasteiger partial charge in [0.15, 0.2) is 11.5 Å². The Morgan fingerprint density at radius 3 is 2.64 bits per heavy atom. The number of methoxy groups -OCH3 is 2. The van der Waals surface area contributed by atoms with Crippen molar-refractivity contribution in [3.63, 3.8) is 0 Å². The highest BCUT2D eigenvalue weighted by Gasteiger charge is 2.19. The first-order valence-electron chi connectivity index (χ1n) is 8.59. The number of benzene rings is 1. The SMILES string of the molecule is COCCOc1ccc([C@@H](C)NC(=O)c2cc([N+](=O)[O-])cnc2C)cc1OC. The fourth-order valence-electron chi connectivity index (χ4n) is 2.52. The summed E-state index contributed by atoms with van der Waals surface area (Å²) in [4.78, 5) is 26.8. The standard InChI is InChI=1S/C19H23N3O6/c1-12(14-5-6-17(18(9-14)27-4)28-8-7-26-3)21-19(23)16-10-15(22(24)25)11-20-13(16)2/h5-6,9-12H,7-8H2,1-4H3,(H,21,23)/t12-/m1/s1. The third kappa shape index (κ3) is 5.17. The van der Waals surface area contributed by atoms with Gasteiger partial charge in [-0.15, -0.1) is 0 Å². The summed E-state index contributed by atoms with van der Waals surface area (Å²) in [6.07, 6.45) is 1.13. The molecule has 9 nitrogen and oxygen atoms in total. The molecule has 1 heterocycles. The fourth-order valence-corrected chi connectivity index (χ4v) is 2.52. The predicted octanol–water partition coefficient (Wildman–Crippen LogP) is 2.82. The molecule has 1 atom stereocenters. The first-order chi connectivity index (χ1) is 13.4. The number of carbonyl (C=O) groups excluding carboxylic acids is 1. The molecule has 1 aromatic carbocycles. The van der Waals surface area contributed by atoms with Crippen molar-refractivity contribution < 1.29 is 23.9 Å². The quantitative estimate of drug-likeness (QED) is 0.398. The number of nitrogens with one attached hydrogen (secondary N) is 1. The Bertz CT molecular complexity index is 856. The Morgan fingerprint density at radius 2 is 2.00 bits per heavy atom. The van der Waals surface area contributed by atoms with E-state index < -0.39 is 10.8 Å². The minimum absolute atomic E-state index is 0.160. The molecule has 0 bridgehead atoms. The van der Waals surface area contributed by atoms with E-state index in [0.29, 0.717) is 30.4 Å². The van der Waals surface area contributed by atoms with E-state index in [-0.39, 0.29) is 17.3 Å². The van der Waals surface area contributed by atoms with E-state index in [4.69, 9.17) is 14.2 Å². The molecular formula is C19H23N3O6. The number of nitrogens with zero attached hydrogens (tertiary/aromatic N) is 2. The Balaban J connectivity index is 2.16. The molecule has 2 rings (SSSR count). The number of carbonyl (C=O) groups is 1. The number of rotatable bonds is 9. The molecule has 0 unspecified atom stereocenters. The molecule has 9 heteroatoms. The second kappa shape index (κ2) is 9.65. The number of pyridine rings is 1. The van der Waals surface area contributed by atoms with Crippen LogP contribution in [0.1, 0.15) is 34.6 Å². The number of hydrogen-bond acceptors (Lipinski definition) is 7. The second-order valence-electron chi connectivity index (χ2n) is 6.03. The van der Waals surface area contributed by atoms with Gasteiger partial charge in [-0.2, -0.15) is 0 Å². The zero-order valence-corrected chi connectivity index (χ0v) is 16.2. The van der Waals surface area contributed by atoms with Gasteiger partial charge in [-0.3, -0.25) is 19.9 Å². The molecular weight excluding hydrogens is 366 g/mol. The Morgan fingerprint density at radius 1 is 1.25 bits per heavy atom. The molecule has 0 aliphatic rings. The lowest BCUT2D eigenvalue weighted by Crippen LogP contribution is -2.27. The van der Waals surface area contributed by atoms with Crippen LogP contribution in [0.4, 0.5) is 5.69 Å². The summed E-state index contributed by atoms with van der Waals surface area (Å²) in [7, 11) is 3.12. The van der Waals surface area contributed by atoms with Gasteiger partial charge in [0.25, 0.3) is 11.6 Å². The van der Waals surface area contributed by atoms with Crippen LogP contribution >= 0.6 is 0 Å². The molecule has 0 spiro atoms. The maximum Gasteiger partial charge on any atom is 0.288 e. The van der Waals surface area contributed by atoms with Crippen LogP contribution in [0.25, 0.3) is 0 Å². The Hall–Kier alpha value is -3.20. The first-order valence-corrected chi connectivity index (χ1v) is 8.59. The minimum Gasteiger partial charge on any atom is -0.493 e. The highest BCUT2D eigenvalue weighted by molar-refractivity contribution is 5.96. The summed E-state index contributed by atoms with van der Waals surface area (Å²) in [5, 5.41) is 13.8. The monoisotopic (exact) mass is 389 g/mol. The molecule has 0 aliphatic heterocycles. The molecule has 150 valence electrons. The molecule has 1 aromatic heterocycles. The topological polar surface area (TPSA) is 113 Å². The summed E-state index contributed by atoms with van der Waals surface area (Å²) < 4.78 is 15.9. The normalized spacial score (nSPS) is 11.6. The van der Waals surface area contributed by atoms with Gasteiger partial charge < -0.3 is 19.5 Å². The van der Waals surface area contributed by atoms with Crippen molar-refractivity contribution in [1.82, 2.24) is 10.3 Å². The lowest BCUT2D eigenvalue weighted by Gasteiger charge is -2.17. The van der Waals surface area contributed by atoms with E-state index >= 15 is 0 Å². The lowest BCUT2D eigenvalue weighted by atomic mass is 10.1. The van der Waals surface area contributed by atoms with Crippen molar-refractivity contribution in [3.05, 3.63) is 57.4 Å². The molecule has 0 radical (unpaired) electrons. The third-order valence-electron chi connectivity index (χ3n) is 4.11. The van der Waals surface area contributed by atoms with E-state index in [0.717, 1.165) is 11.8 Å². The van der Waals surface area contributed by atoms with E-state index in [1.165, 1.54) is 13.2 Å². The van der Waals surface area contributed by atoms with Gasteiger partial charge in [0.2, 0.25) is 0 Å². The number of nitro groups is 1. The fraction of sp³-hybridized carbons (Fsp3) is 0.368. The number of aryl methyl sites for hydroxylation is 1. The van der Waals surface area contributed by atoms with Gasteiger partial charge in [0.05, 0.1) is 35.9 Å². The number of amides is 1. The van der Waals surface area contributed by atoms with E-state index in [1.54, 1.807) is 33.1 Å². The van der Waals surface area contributed by atoms with Crippen LogP contribution in [0.2, 0.25) is 0 Å². The van der Waals surface area contributed by atoms with Crippen LogP contribution < -0.4 is 14.8 Å². The Kier molecular flexibility index (Phi) is 7.28. The second-order valence-corrected chi connectivity index (χ2v) is 6.03. The summed E-state index contributed by atoms with van der Waals surface area (Å²) in [5.74, 6) is 0.657. The van der Waals surface area contributed by atoms with Gasteiger partial charge >= 0.3 is 0 Å². The van der Waals surface area contributed by atoms with Gasteiger partial charge in [-0.1, -0.05) is 6.07 Å². The van der Waals surface area contributed by atoms with Crippen molar-refractivity contribution in [2.75, 3.05) is 27.4 Å². The van der Waals surface area contributed by atoms with Gasteiger partial charge in [0, 0.05) is 13.2 Å². The van der Waals surface area contributed by atoms with Gasteiger partial charge in [0.1, 0.15) is 12.8 Å². The largest absolute Gasteiger partial charge is 0.493 e. The van der Waals surface area contributed by atoms with Crippen molar-refractivity contribution in [2.45, 2.75) is 19.9 Å². The molecule has 0 saturated heterocycles. The van der Waals surface area contributed by atoms with Gasteiger partial charge in [-0.25, -0.2) is 0 Å². The minimum atomic E-state index is -0.584. The van der Waals surface area contributed by atoms with Crippen molar-refractivity contribution in [2.24, 2.45) is 0 Å². The zero-order valence-electron chi connectivity index (χ0n) is 16.2. The summed E-state index contributed by atoms with van der Waals surface area (Å²) in [6.45, 7) is 4.27. The van der Waals surface area contributed by atoms with Crippen molar-refractivity contribution >= 4 is 11.6 Å². The van der Waals surface area contributed by atoms with Crippen LogP contribution in [0.15, 0.2) is 30.5 Å². The summed E-state index contributed by atoms with van der Waals surface area (Å²) >= 11 is 0. The number of aromatic nitrogens is 1. The van der Waals surface area contributed by atoms with Crippen LogP contribution in [-0.4, -0.2) is 43.2 Å². The molecule has 1 N–H and O–H groups in total. The molecule has 0 fully saturated rings. The first kappa shape index (κ1) is 21.1. The van der Waals surface area contributed by atoms with Crippen molar-refractivity contribution in [1.29, 1.82) is 0 Å². The zero-order chi connectivity index (χ0) is 20.7. The van der Waals surface area contributed by atoms with E-state index in [2.05, 4.69) is 10.3 Å².